The fraction of sp³-hybridized carbons (Fsp3) is 0.917. The van der Waals surface area contributed by atoms with Crippen LogP contribution in [0, 0.1) is 0 Å². The van der Waals surface area contributed by atoms with Gasteiger partial charge in [0.15, 0.2) is 9.84 Å². The molecule has 0 aliphatic carbocycles. The summed E-state index contributed by atoms with van der Waals surface area (Å²) in [5, 5.41) is 2.82. The molecule has 18 heavy (non-hydrogen) atoms. The van der Waals surface area contributed by atoms with E-state index in [2.05, 4.69) is 5.32 Å². The molecule has 104 valence electrons. The lowest BCUT2D eigenvalue weighted by atomic mass is 10.1. The van der Waals surface area contributed by atoms with E-state index in [1.165, 1.54) is 0 Å². The van der Waals surface area contributed by atoms with Crippen LogP contribution < -0.4 is 5.32 Å². The summed E-state index contributed by atoms with van der Waals surface area (Å²) in [6, 6.07) is 0. The second-order valence-electron chi connectivity index (χ2n) is 5.20. The Morgan fingerprint density at radius 1 is 1.11 bits per heavy atom. The number of carbonyl (C=O) groups excluding carboxylic acids is 1. The van der Waals surface area contributed by atoms with Crippen LogP contribution in [0.15, 0.2) is 0 Å². The molecule has 1 amide bonds. The number of piperidine rings is 2. The molecule has 0 aromatic rings. The summed E-state index contributed by atoms with van der Waals surface area (Å²) >= 11 is 0. The van der Waals surface area contributed by atoms with Gasteiger partial charge >= 0.3 is 0 Å². The highest BCUT2D eigenvalue weighted by molar-refractivity contribution is 7.92. The molecule has 6 heteroatoms. The minimum absolute atomic E-state index is 0.201. The fourth-order valence-electron chi connectivity index (χ4n) is 2.68. The summed E-state index contributed by atoms with van der Waals surface area (Å²) in [5.41, 5.74) is 0. The predicted molar refractivity (Wildman–Crippen MR) is 70.1 cm³/mol. The Morgan fingerprint density at radius 3 is 2.33 bits per heavy atom. The van der Waals surface area contributed by atoms with E-state index < -0.39 is 9.84 Å². The SMILES string of the molecule is O=C(CS(=O)(=O)C1CCNCC1)N1CCCCC1. The number of rotatable bonds is 3. The summed E-state index contributed by atoms with van der Waals surface area (Å²) < 4.78 is 24.3. The highest BCUT2D eigenvalue weighted by Gasteiger charge is 2.31. The second-order valence-corrected chi connectivity index (χ2v) is 7.48. The Labute approximate surface area is 109 Å². The topological polar surface area (TPSA) is 66.5 Å². The van der Waals surface area contributed by atoms with Crippen molar-refractivity contribution in [2.45, 2.75) is 37.4 Å². The Hall–Kier alpha value is -0.620. The molecule has 0 unspecified atom stereocenters. The van der Waals surface area contributed by atoms with Crippen molar-refractivity contribution in [2.75, 3.05) is 31.9 Å². The summed E-state index contributed by atoms with van der Waals surface area (Å²) in [4.78, 5) is 13.7. The molecule has 0 spiro atoms. The maximum atomic E-state index is 12.2. The smallest absolute Gasteiger partial charge is 0.237 e. The van der Waals surface area contributed by atoms with Gasteiger partial charge in [0, 0.05) is 13.1 Å². The van der Waals surface area contributed by atoms with E-state index in [0.717, 1.165) is 45.4 Å². The molecule has 0 saturated carbocycles. The lowest BCUT2D eigenvalue weighted by molar-refractivity contribution is -0.129. The van der Waals surface area contributed by atoms with Crippen LogP contribution in [0.25, 0.3) is 0 Å². The van der Waals surface area contributed by atoms with E-state index in [1.807, 2.05) is 0 Å². The monoisotopic (exact) mass is 274 g/mol. The van der Waals surface area contributed by atoms with Crippen LogP contribution >= 0.6 is 0 Å². The van der Waals surface area contributed by atoms with Crippen molar-refractivity contribution < 1.29 is 13.2 Å². The van der Waals surface area contributed by atoms with Gasteiger partial charge in [0.2, 0.25) is 5.91 Å². The Kier molecular flexibility index (Phi) is 4.61. The molecule has 2 saturated heterocycles. The van der Waals surface area contributed by atoms with Crippen LogP contribution in [0.3, 0.4) is 0 Å². The summed E-state index contributed by atoms with van der Waals surface area (Å²) in [5.74, 6) is -0.495. The molecule has 5 nitrogen and oxygen atoms in total. The highest BCUT2D eigenvalue weighted by Crippen LogP contribution is 2.16. The first-order valence-electron chi connectivity index (χ1n) is 6.80. The molecular weight excluding hydrogens is 252 g/mol. The van der Waals surface area contributed by atoms with Gasteiger partial charge in [0.05, 0.1) is 5.25 Å². The van der Waals surface area contributed by atoms with E-state index in [9.17, 15) is 13.2 Å². The van der Waals surface area contributed by atoms with Gasteiger partial charge in [-0.2, -0.15) is 0 Å². The van der Waals surface area contributed by atoms with E-state index in [-0.39, 0.29) is 16.9 Å². The number of carbonyl (C=O) groups is 1. The third-order valence-corrected chi connectivity index (χ3v) is 5.96. The van der Waals surface area contributed by atoms with E-state index >= 15 is 0 Å². The molecule has 1 N–H and O–H groups in total. The van der Waals surface area contributed by atoms with Crippen molar-refractivity contribution in [1.82, 2.24) is 10.2 Å². The fourth-order valence-corrected chi connectivity index (χ4v) is 4.40. The standard InChI is InChI=1S/C12H22N2O3S/c15-12(14-8-2-1-3-9-14)10-18(16,17)11-4-6-13-7-5-11/h11,13H,1-10H2. The van der Waals surface area contributed by atoms with E-state index in [0.29, 0.717) is 12.8 Å². The van der Waals surface area contributed by atoms with Crippen LogP contribution in [0.4, 0.5) is 0 Å². The van der Waals surface area contributed by atoms with Crippen molar-refractivity contribution in [3.8, 4) is 0 Å². The zero-order chi connectivity index (χ0) is 13.0. The van der Waals surface area contributed by atoms with Crippen LogP contribution in [0.2, 0.25) is 0 Å². The molecule has 0 aromatic carbocycles. The van der Waals surface area contributed by atoms with E-state index in [4.69, 9.17) is 0 Å². The normalized spacial score (nSPS) is 23.0. The number of hydrogen-bond donors (Lipinski definition) is 1. The molecule has 2 fully saturated rings. The Balaban J connectivity index is 1.92. The van der Waals surface area contributed by atoms with Gasteiger partial charge < -0.3 is 10.2 Å². The number of sulfone groups is 1. The van der Waals surface area contributed by atoms with Gasteiger partial charge in [0.1, 0.15) is 5.75 Å². The highest BCUT2D eigenvalue weighted by atomic mass is 32.2. The lowest BCUT2D eigenvalue weighted by Gasteiger charge is -2.28. The minimum Gasteiger partial charge on any atom is -0.342 e. The minimum atomic E-state index is -3.26. The third-order valence-electron chi connectivity index (χ3n) is 3.83. The largest absolute Gasteiger partial charge is 0.342 e. The Morgan fingerprint density at radius 2 is 1.72 bits per heavy atom. The number of hydrogen-bond acceptors (Lipinski definition) is 4. The van der Waals surface area contributed by atoms with Crippen molar-refractivity contribution in [3.63, 3.8) is 0 Å². The first kappa shape index (κ1) is 13.8. The van der Waals surface area contributed by atoms with Crippen LogP contribution in [-0.2, 0) is 14.6 Å². The van der Waals surface area contributed by atoms with Crippen molar-refractivity contribution in [2.24, 2.45) is 0 Å². The van der Waals surface area contributed by atoms with Gasteiger partial charge in [-0.1, -0.05) is 0 Å². The van der Waals surface area contributed by atoms with Crippen molar-refractivity contribution in [1.29, 1.82) is 0 Å². The molecule has 2 aliphatic heterocycles. The van der Waals surface area contributed by atoms with Gasteiger partial charge in [-0.15, -0.1) is 0 Å². The maximum absolute atomic E-state index is 12.2. The zero-order valence-corrected chi connectivity index (χ0v) is 11.5. The molecular formula is C12H22N2O3S. The first-order valence-corrected chi connectivity index (χ1v) is 8.51. The van der Waals surface area contributed by atoms with Gasteiger partial charge in [-0.3, -0.25) is 4.79 Å². The lowest BCUT2D eigenvalue weighted by Crippen LogP contribution is -2.43. The van der Waals surface area contributed by atoms with Gasteiger partial charge in [0.25, 0.3) is 0 Å². The Bertz CT molecular complexity index is 382. The molecule has 2 heterocycles. The van der Waals surface area contributed by atoms with Crippen molar-refractivity contribution in [3.05, 3.63) is 0 Å². The molecule has 2 aliphatic rings. The predicted octanol–water partition coefficient (Wildman–Crippen LogP) is 0.166. The van der Waals surface area contributed by atoms with E-state index in [1.54, 1.807) is 4.90 Å². The van der Waals surface area contributed by atoms with Gasteiger partial charge in [-0.05, 0) is 45.2 Å². The summed E-state index contributed by atoms with van der Waals surface area (Å²) in [6.07, 6.45) is 4.41. The molecule has 0 radical (unpaired) electrons. The van der Waals surface area contributed by atoms with Crippen LogP contribution in [-0.4, -0.2) is 56.4 Å². The average Bonchev–Trinajstić information content (AvgIpc) is 2.40. The number of amides is 1. The maximum Gasteiger partial charge on any atom is 0.237 e. The van der Waals surface area contributed by atoms with Crippen molar-refractivity contribution >= 4 is 15.7 Å². The second kappa shape index (κ2) is 6.02. The molecule has 0 bridgehead atoms. The number of likely N-dealkylation sites (tertiary alicyclic amines) is 1. The third kappa shape index (κ3) is 3.45. The summed E-state index contributed by atoms with van der Waals surface area (Å²) in [6.45, 7) is 2.92. The summed E-state index contributed by atoms with van der Waals surface area (Å²) in [7, 11) is -3.26. The number of nitrogens with zero attached hydrogens (tertiary/aromatic N) is 1. The quantitative estimate of drug-likeness (QED) is 0.796. The molecule has 2 rings (SSSR count). The van der Waals surface area contributed by atoms with Gasteiger partial charge in [-0.25, -0.2) is 8.42 Å². The molecule has 0 aromatic heterocycles. The average molecular weight is 274 g/mol. The van der Waals surface area contributed by atoms with Crippen LogP contribution in [0.1, 0.15) is 32.1 Å². The first-order chi connectivity index (χ1) is 8.59. The number of nitrogens with one attached hydrogen (secondary N) is 1. The molecule has 0 atom stereocenters. The zero-order valence-electron chi connectivity index (χ0n) is 10.7. The van der Waals surface area contributed by atoms with Crippen LogP contribution in [0.5, 0.6) is 0 Å².